The first-order valence-electron chi connectivity index (χ1n) is 5.84. The zero-order chi connectivity index (χ0) is 11.2. The van der Waals surface area contributed by atoms with Crippen LogP contribution in [0.4, 0.5) is 0 Å². The second-order valence-corrected chi connectivity index (χ2v) is 5.05. The molecule has 0 aliphatic carbocycles. The summed E-state index contributed by atoms with van der Waals surface area (Å²) in [5.74, 6) is 3.08. The maximum atomic E-state index is 5.67. The van der Waals surface area contributed by atoms with E-state index in [9.17, 15) is 0 Å². The number of nitrogens with zero attached hydrogens (tertiary/aromatic N) is 1. The molecule has 0 saturated carbocycles. The lowest BCUT2D eigenvalue weighted by Crippen LogP contribution is -2.17. The molecule has 1 saturated heterocycles. The second-order valence-electron chi connectivity index (χ2n) is 3.90. The molecule has 2 rings (SSSR count). The molecule has 1 fully saturated rings. The topological polar surface area (TPSA) is 49.9 Å². The fraction of sp³-hybridized carbons (Fsp3) is 0.727. The van der Waals surface area contributed by atoms with Crippen molar-refractivity contribution < 1.29 is 4.74 Å². The molecule has 0 amide bonds. The zero-order valence-corrected chi connectivity index (χ0v) is 10.5. The molecule has 1 aliphatic rings. The van der Waals surface area contributed by atoms with E-state index in [1.165, 1.54) is 0 Å². The van der Waals surface area contributed by atoms with Crippen LogP contribution in [0.5, 0.6) is 0 Å². The van der Waals surface area contributed by atoms with Gasteiger partial charge in [-0.3, -0.25) is 0 Å². The summed E-state index contributed by atoms with van der Waals surface area (Å²) in [6.45, 7) is 4.91. The minimum atomic E-state index is 0.152. The Morgan fingerprint density at radius 2 is 2.62 bits per heavy atom. The van der Waals surface area contributed by atoms with Crippen molar-refractivity contribution in [1.29, 1.82) is 0 Å². The number of ether oxygens (including phenoxy) is 1. The maximum Gasteiger partial charge on any atom is 0.136 e. The highest BCUT2D eigenvalue weighted by atomic mass is 32.2. The Hall–Kier alpha value is -0.520. The minimum Gasteiger partial charge on any atom is -0.369 e. The van der Waals surface area contributed by atoms with Gasteiger partial charge in [0.05, 0.1) is 6.61 Å². The monoisotopic (exact) mass is 241 g/mol. The summed E-state index contributed by atoms with van der Waals surface area (Å²) in [4.78, 5) is 7.71. The molecule has 16 heavy (non-hydrogen) atoms. The predicted molar refractivity (Wildman–Crippen MR) is 66.6 cm³/mol. The number of H-pyrrole nitrogens is 1. The van der Waals surface area contributed by atoms with Gasteiger partial charge in [0.1, 0.15) is 11.9 Å². The lowest BCUT2D eigenvalue weighted by atomic mass is 10.4. The Morgan fingerprint density at radius 3 is 3.38 bits per heavy atom. The van der Waals surface area contributed by atoms with Gasteiger partial charge in [-0.1, -0.05) is 6.92 Å². The minimum absolute atomic E-state index is 0.152. The normalized spacial score (nSPS) is 21.2. The van der Waals surface area contributed by atoms with E-state index in [0.717, 1.165) is 49.1 Å². The van der Waals surface area contributed by atoms with Crippen LogP contribution in [0.15, 0.2) is 6.20 Å². The van der Waals surface area contributed by atoms with E-state index in [1.807, 2.05) is 18.0 Å². The number of hydrogen-bond donors (Lipinski definition) is 2. The third-order valence-electron chi connectivity index (χ3n) is 2.51. The highest BCUT2D eigenvalue weighted by Gasteiger charge is 2.19. The van der Waals surface area contributed by atoms with E-state index in [0.29, 0.717) is 0 Å². The quantitative estimate of drug-likeness (QED) is 0.771. The van der Waals surface area contributed by atoms with Gasteiger partial charge in [-0.2, -0.15) is 11.8 Å². The van der Waals surface area contributed by atoms with Crippen LogP contribution in [0.1, 0.15) is 31.0 Å². The smallest absolute Gasteiger partial charge is 0.136 e. The van der Waals surface area contributed by atoms with Crippen molar-refractivity contribution in [2.24, 2.45) is 0 Å². The SMILES string of the molecule is CCCNCc1cnc(C2CSCCO2)[nH]1. The van der Waals surface area contributed by atoms with E-state index in [-0.39, 0.29) is 6.10 Å². The molecule has 0 bridgehead atoms. The fourth-order valence-corrected chi connectivity index (χ4v) is 2.52. The Bertz CT molecular complexity index is 310. The zero-order valence-electron chi connectivity index (χ0n) is 9.66. The van der Waals surface area contributed by atoms with Gasteiger partial charge in [0.25, 0.3) is 0 Å². The van der Waals surface area contributed by atoms with Crippen molar-refractivity contribution in [2.75, 3.05) is 24.7 Å². The number of aromatic amines is 1. The van der Waals surface area contributed by atoms with Gasteiger partial charge in [-0.25, -0.2) is 4.98 Å². The van der Waals surface area contributed by atoms with Gasteiger partial charge in [0.15, 0.2) is 0 Å². The fourth-order valence-electron chi connectivity index (χ4n) is 1.68. The Balaban J connectivity index is 1.85. The van der Waals surface area contributed by atoms with Crippen LogP contribution >= 0.6 is 11.8 Å². The lowest BCUT2D eigenvalue weighted by molar-refractivity contribution is 0.0700. The van der Waals surface area contributed by atoms with Gasteiger partial charge in [-0.15, -0.1) is 0 Å². The van der Waals surface area contributed by atoms with E-state index in [4.69, 9.17) is 4.74 Å². The first kappa shape index (κ1) is 12.0. The summed E-state index contributed by atoms with van der Waals surface area (Å²) >= 11 is 1.93. The Morgan fingerprint density at radius 1 is 1.69 bits per heavy atom. The molecule has 0 radical (unpaired) electrons. The number of imidazole rings is 1. The standard InChI is InChI=1S/C11H19N3OS/c1-2-3-12-6-9-7-13-11(14-9)10-8-16-5-4-15-10/h7,10,12H,2-6,8H2,1H3,(H,13,14). The molecule has 90 valence electrons. The third-order valence-corrected chi connectivity index (χ3v) is 3.51. The van der Waals surface area contributed by atoms with Gasteiger partial charge in [-0.05, 0) is 13.0 Å². The number of rotatable bonds is 5. The van der Waals surface area contributed by atoms with E-state index in [2.05, 4.69) is 22.2 Å². The van der Waals surface area contributed by atoms with E-state index < -0.39 is 0 Å². The van der Waals surface area contributed by atoms with Gasteiger partial charge >= 0.3 is 0 Å². The average molecular weight is 241 g/mol. The highest BCUT2D eigenvalue weighted by molar-refractivity contribution is 7.99. The van der Waals surface area contributed by atoms with Crippen LogP contribution in [0, 0.1) is 0 Å². The molecule has 1 unspecified atom stereocenters. The third kappa shape index (κ3) is 3.23. The largest absolute Gasteiger partial charge is 0.369 e. The van der Waals surface area contributed by atoms with Crippen molar-refractivity contribution in [3.63, 3.8) is 0 Å². The van der Waals surface area contributed by atoms with Crippen LogP contribution in [-0.2, 0) is 11.3 Å². The number of nitrogens with one attached hydrogen (secondary N) is 2. The van der Waals surface area contributed by atoms with Crippen LogP contribution in [0.2, 0.25) is 0 Å². The number of thioether (sulfide) groups is 1. The van der Waals surface area contributed by atoms with Crippen molar-refractivity contribution in [3.05, 3.63) is 17.7 Å². The Kier molecular flexibility index (Phi) is 4.69. The van der Waals surface area contributed by atoms with Crippen molar-refractivity contribution in [2.45, 2.75) is 26.0 Å². The van der Waals surface area contributed by atoms with Crippen molar-refractivity contribution >= 4 is 11.8 Å². The van der Waals surface area contributed by atoms with Crippen molar-refractivity contribution in [3.8, 4) is 0 Å². The van der Waals surface area contributed by atoms with Gasteiger partial charge < -0.3 is 15.0 Å². The molecular weight excluding hydrogens is 222 g/mol. The molecule has 1 aromatic heterocycles. The van der Waals surface area contributed by atoms with Crippen molar-refractivity contribution in [1.82, 2.24) is 15.3 Å². The first-order valence-corrected chi connectivity index (χ1v) is 6.99. The molecule has 0 spiro atoms. The summed E-state index contributed by atoms with van der Waals surface area (Å²) in [6, 6.07) is 0. The lowest BCUT2D eigenvalue weighted by Gasteiger charge is -2.20. The van der Waals surface area contributed by atoms with Gasteiger partial charge in [0.2, 0.25) is 0 Å². The maximum absolute atomic E-state index is 5.67. The molecule has 4 nitrogen and oxygen atoms in total. The number of aromatic nitrogens is 2. The first-order chi connectivity index (χ1) is 7.90. The summed E-state index contributed by atoms with van der Waals surface area (Å²) in [5, 5.41) is 3.35. The second kappa shape index (κ2) is 6.27. The van der Waals surface area contributed by atoms with E-state index >= 15 is 0 Å². The summed E-state index contributed by atoms with van der Waals surface area (Å²) < 4.78 is 5.67. The summed E-state index contributed by atoms with van der Waals surface area (Å²) in [7, 11) is 0. The molecule has 0 aromatic carbocycles. The highest BCUT2D eigenvalue weighted by Crippen LogP contribution is 2.24. The number of hydrogen-bond acceptors (Lipinski definition) is 4. The summed E-state index contributed by atoms with van der Waals surface area (Å²) in [6.07, 6.45) is 3.21. The van der Waals surface area contributed by atoms with Crippen LogP contribution in [0.25, 0.3) is 0 Å². The summed E-state index contributed by atoms with van der Waals surface area (Å²) in [5.41, 5.74) is 1.14. The molecule has 1 atom stereocenters. The van der Waals surface area contributed by atoms with Crippen LogP contribution in [-0.4, -0.2) is 34.6 Å². The van der Waals surface area contributed by atoms with Crippen LogP contribution < -0.4 is 5.32 Å². The molecule has 1 aromatic rings. The molecule has 2 heterocycles. The van der Waals surface area contributed by atoms with Gasteiger partial charge in [0, 0.05) is 29.9 Å². The predicted octanol–water partition coefficient (Wildman–Crippen LogP) is 1.71. The molecule has 1 aliphatic heterocycles. The molecule has 2 N–H and O–H groups in total. The van der Waals surface area contributed by atoms with E-state index in [1.54, 1.807) is 0 Å². The van der Waals surface area contributed by atoms with Crippen LogP contribution in [0.3, 0.4) is 0 Å². The average Bonchev–Trinajstić information content (AvgIpc) is 2.79. The molecular formula is C11H19N3OS. The molecule has 5 heteroatoms. The Labute approximate surface area is 101 Å².